The highest BCUT2D eigenvalue weighted by atomic mass is 16.5. The van der Waals surface area contributed by atoms with Gasteiger partial charge >= 0.3 is 6.03 Å². The zero-order valence-corrected chi connectivity index (χ0v) is 11.6. The number of urea groups is 1. The van der Waals surface area contributed by atoms with Gasteiger partial charge in [0, 0.05) is 5.69 Å². The summed E-state index contributed by atoms with van der Waals surface area (Å²) in [5, 5.41) is 5.68. The molecule has 104 valence electrons. The van der Waals surface area contributed by atoms with Crippen LogP contribution in [-0.4, -0.2) is 13.1 Å². The topological polar surface area (TPSA) is 50.4 Å². The van der Waals surface area contributed by atoms with E-state index in [0.29, 0.717) is 0 Å². The van der Waals surface area contributed by atoms with Gasteiger partial charge in [-0.15, -0.1) is 0 Å². The van der Waals surface area contributed by atoms with Gasteiger partial charge in [-0.1, -0.05) is 30.3 Å². The first-order chi connectivity index (χ1) is 9.69. The number of hydrogen-bond donors (Lipinski definition) is 2. The van der Waals surface area contributed by atoms with E-state index in [9.17, 15) is 4.79 Å². The minimum absolute atomic E-state index is 0.0791. The molecule has 1 unspecified atom stereocenters. The van der Waals surface area contributed by atoms with E-state index in [-0.39, 0.29) is 12.1 Å². The quantitative estimate of drug-likeness (QED) is 0.892. The fourth-order valence-corrected chi connectivity index (χ4v) is 1.86. The minimum Gasteiger partial charge on any atom is -0.497 e. The fraction of sp³-hybridized carbons (Fsp3) is 0.188. The monoisotopic (exact) mass is 270 g/mol. The maximum atomic E-state index is 11.9. The summed E-state index contributed by atoms with van der Waals surface area (Å²) in [5.74, 6) is 0.801. The molecule has 0 aromatic heterocycles. The predicted octanol–water partition coefficient (Wildman–Crippen LogP) is 3.58. The second-order valence-electron chi connectivity index (χ2n) is 4.46. The number of carbonyl (C=O) groups is 1. The van der Waals surface area contributed by atoms with Gasteiger partial charge in [-0.2, -0.15) is 0 Å². The minimum atomic E-state index is -0.223. The van der Waals surface area contributed by atoms with Crippen molar-refractivity contribution in [1.29, 1.82) is 0 Å². The van der Waals surface area contributed by atoms with Gasteiger partial charge in [0.05, 0.1) is 13.2 Å². The first kappa shape index (κ1) is 13.9. The third-order valence-electron chi connectivity index (χ3n) is 3.00. The highest BCUT2D eigenvalue weighted by Crippen LogP contribution is 2.17. The third-order valence-corrected chi connectivity index (χ3v) is 3.00. The number of para-hydroxylation sites is 1. The fourth-order valence-electron chi connectivity index (χ4n) is 1.86. The number of ether oxygens (including phenoxy) is 1. The van der Waals surface area contributed by atoms with Crippen LogP contribution in [0.1, 0.15) is 18.5 Å². The van der Waals surface area contributed by atoms with Gasteiger partial charge in [0.15, 0.2) is 0 Å². The van der Waals surface area contributed by atoms with Gasteiger partial charge in [-0.05, 0) is 36.8 Å². The lowest BCUT2D eigenvalue weighted by atomic mass is 10.1. The Morgan fingerprint density at radius 1 is 1.05 bits per heavy atom. The second kappa shape index (κ2) is 6.61. The SMILES string of the molecule is COc1ccc(C(C)NC(=O)Nc2ccccc2)cc1. The summed E-state index contributed by atoms with van der Waals surface area (Å²) >= 11 is 0. The number of anilines is 1. The number of methoxy groups -OCH3 is 1. The molecule has 0 fully saturated rings. The molecule has 0 heterocycles. The molecule has 0 bridgehead atoms. The molecule has 2 aromatic rings. The zero-order valence-electron chi connectivity index (χ0n) is 11.6. The lowest BCUT2D eigenvalue weighted by Gasteiger charge is -2.15. The molecule has 4 nitrogen and oxygen atoms in total. The summed E-state index contributed by atoms with van der Waals surface area (Å²) < 4.78 is 5.11. The Bertz CT molecular complexity index is 552. The van der Waals surface area contributed by atoms with Crippen molar-refractivity contribution in [3.63, 3.8) is 0 Å². The molecule has 0 aliphatic carbocycles. The summed E-state index contributed by atoms with van der Waals surface area (Å²) in [6, 6.07) is 16.7. The molecule has 2 N–H and O–H groups in total. The maximum Gasteiger partial charge on any atom is 0.319 e. The largest absolute Gasteiger partial charge is 0.497 e. The molecule has 0 saturated heterocycles. The Morgan fingerprint density at radius 3 is 2.30 bits per heavy atom. The van der Waals surface area contributed by atoms with E-state index in [1.165, 1.54) is 0 Å². The van der Waals surface area contributed by atoms with Crippen molar-refractivity contribution < 1.29 is 9.53 Å². The average molecular weight is 270 g/mol. The van der Waals surface area contributed by atoms with Crippen molar-refractivity contribution in [3.8, 4) is 5.75 Å². The molecule has 1 atom stereocenters. The summed E-state index contributed by atoms with van der Waals surface area (Å²) in [6.07, 6.45) is 0. The Kier molecular flexibility index (Phi) is 4.60. The molecular weight excluding hydrogens is 252 g/mol. The standard InChI is InChI=1S/C16H18N2O2/c1-12(13-8-10-15(20-2)11-9-13)17-16(19)18-14-6-4-3-5-7-14/h3-12H,1-2H3,(H2,17,18,19). The Morgan fingerprint density at radius 2 is 1.70 bits per heavy atom. The number of hydrogen-bond acceptors (Lipinski definition) is 2. The summed E-state index contributed by atoms with van der Waals surface area (Å²) in [4.78, 5) is 11.9. The van der Waals surface area contributed by atoms with Crippen LogP contribution < -0.4 is 15.4 Å². The lowest BCUT2D eigenvalue weighted by molar-refractivity contribution is 0.249. The number of carbonyl (C=O) groups excluding carboxylic acids is 1. The Labute approximate surface area is 118 Å². The van der Waals surface area contributed by atoms with E-state index in [4.69, 9.17) is 4.74 Å². The van der Waals surface area contributed by atoms with E-state index in [0.717, 1.165) is 17.0 Å². The van der Waals surface area contributed by atoms with Crippen LogP contribution in [0.4, 0.5) is 10.5 Å². The van der Waals surface area contributed by atoms with E-state index in [2.05, 4.69) is 10.6 Å². The lowest BCUT2D eigenvalue weighted by Crippen LogP contribution is -2.31. The van der Waals surface area contributed by atoms with Crippen LogP contribution in [0.3, 0.4) is 0 Å². The zero-order chi connectivity index (χ0) is 14.4. The van der Waals surface area contributed by atoms with Crippen LogP contribution >= 0.6 is 0 Å². The highest BCUT2D eigenvalue weighted by Gasteiger charge is 2.09. The van der Waals surface area contributed by atoms with Crippen LogP contribution in [0, 0.1) is 0 Å². The van der Waals surface area contributed by atoms with Gasteiger partial charge in [-0.3, -0.25) is 0 Å². The molecule has 0 saturated carbocycles. The van der Waals surface area contributed by atoms with E-state index in [1.807, 2.05) is 61.5 Å². The van der Waals surface area contributed by atoms with E-state index >= 15 is 0 Å². The van der Waals surface area contributed by atoms with Crippen LogP contribution in [0.5, 0.6) is 5.75 Å². The molecule has 2 amide bonds. The van der Waals surface area contributed by atoms with Gasteiger partial charge in [0.2, 0.25) is 0 Å². The van der Waals surface area contributed by atoms with Crippen molar-refractivity contribution in [1.82, 2.24) is 5.32 Å². The molecule has 20 heavy (non-hydrogen) atoms. The van der Waals surface area contributed by atoms with Crippen LogP contribution in [0.25, 0.3) is 0 Å². The van der Waals surface area contributed by atoms with Gasteiger partial charge in [0.1, 0.15) is 5.75 Å². The van der Waals surface area contributed by atoms with Gasteiger partial charge in [0.25, 0.3) is 0 Å². The predicted molar refractivity (Wildman–Crippen MR) is 80.0 cm³/mol. The molecule has 0 spiro atoms. The Hall–Kier alpha value is -2.49. The van der Waals surface area contributed by atoms with Crippen LogP contribution in [0.2, 0.25) is 0 Å². The maximum absolute atomic E-state index is 11.9. The molecular formula is C16H18N2O2. The average Bonchev–Trinajstić information content (AvgIpc) is 2.48. The highest BCUT2D eigenvalue weighted by molar-refractivity contribution is 5.89. The summed E-state index contributed by atoms with van der Waals surface area (Å²) in [5.41, 5.74) is 1.79. The van der Waals surface area contributed by atoms with Crippen molar-refractivity contribution in [2.75, 3.05) is 12.4 Å². The first-order valence-corrected chi connectivity index (χ1v) is 6.45. The smallest absolute Gasteiger partial charge is 0.319 e. The molecule has 4 heteroatoms. The number of nitrogens with one attached hydrogen (secondary N) is 2. The first-order valence-electron chi connectivity index (χ1n) is 6.45. The second-order valence-corrected chi connectivity index (χ2v) is 4.46. The molecule has 0 aliphatic heterocycles. The van der Waals surface area contributed by atoms with Gasteiger partial charge < -0.3 is 15.4 Å². The van der Waals surface area contributed by atoms with Crippen molar-refractivity contribution in [3.05, 3.63) is 60.2 Å². The molecule has 2 rings (SSSR count). The van der Waals surface area contributed by atoms with Gasteiger partial charge in [-0.25, -0.2) is 4.79 Å². The molecule has 0 aliphatic rings. The number of amides is 2. The van der Waals surface area contributed by atoms with Crippen molar-refractivity contribution >= 4 is 11.7 Å². The Balaban J connectivity index is 1.93. The number of rotatable bonds is 4. The molecule has 2 aromatic carbocycles. The van der Waals surface area contributed by atoms with Crippen molar-refractivity contribution in [2.45, 2.75) is 13.0 Å². The van der Waals surface area contributed by atoms with E-state index in [1.54, 1.807) is 7.11 Å². The summed E-state index contributed by atoms with van der Waals surface area (Å²) in [7, 11) is 1.63. The normalized spacial score (nSPS) is 11.5. The molecule has 0 radical (unpaired) electrons. The summed E-state index contributed by atoms with van der Waals surface area (Å²) in [6.45, 7) is 1.94. The van der Waals surface area contributed by atoms with Crippen molar-refractivity contribution in [2.24, 2.45) is 0 Å². The van der Waals surface area contributed by atoms with Crippen LogP contribution in [0.15, 0.2) is 54.6 Å². The number of benzene rings is 2. The third kappa shape index (κ3) is 3.75. The van der Waals surface area contributed by atoms with Crippen LogP contribution in [-0.2, 0) is 0 Å². The van der Waals surface area contributed by atoms with E-state index < -0.39 is 0 Å².